The summed E-state index contributed by atoms with van der Waals surface area (Å²) in [5.41, 5.74) is 1.14. The molecular formula is C24H21FN4O4. The third kappa shape index (κ3) is 3.76. The van der Waals surface area contributed by atoms with E-state index in [9.17, 15) is 19.8 Å². The summed E-state index contributed by atoms with van der Waals surface area (Å²) in [7, 11) is 1.70. The minimum absolute atomic E-state index is 0.0339. The van der Waals surface area contributed by atoms with Crippen molar-refractivity contribution in [2.24, 2.45) is 13.0 Å². The summed E-state index contributed by atoms with van der Waals surface area (Å²) >= 11 is 0. The first-order valence-corrected chi connectivity index (χ1v) is 10.5. The lowest BCUT2D eigenvalue weighted by Gasteiger charge is -2.11. The van der Waals surface area contributed by atoms with Crippen LogP contribution >= 0.6 is 0 Å². The van der Waals surface area contributed by atoms with Gasteiger partial charge in [0.15, 0.2) is 11.2 Å². The van der Waals surface area contributed by atoms with E-state index in [0.717, 1.165) is 12.8 Å². The summed E-state index contributed by atoms with van der Waals surface area (Å²) in [6.45, 7) is -0.348. The van der Waals surface area contributed by atoms with Crippen molar-refractivity contribution in [1.82, 2.24) is 14.2 Å². The molecule has 3 heterocycles. The van der Waals surface area contributed by atoms with E-state index >= 15 is 4.39 Å². The number of carbonyl (C=O) groups is 1. The Morgan fingerprint density at radius 1 is 1.27 bits per heavy atom. The van der Waals surface area contributed by atoms with Gasteiger partial charge in [-0.25, -0.2) is 4.39 Å². The number of carbonyl (C=O) groups excluding carboxylic acids is 1. The highest BCUT2D eigenvalue weighted by Crippen LogP contribution is 2.35. The Balaban J connectivity index is 1.60. The summed E-state index contributed by atoms with van der Waals surface area (Å²) in [5, 5.41) is 27.3. The van der Waals surface area contributed by atoms with Crippen LogP contribution in [0.5, 0.6) is 0 Å². The van der Waals surface area contributed by atoms with Crippen LogP contribution in [-0.2, 0) is 13.7 Å². The van der Waals surface area contributed by atoms with Crippen molar-refractivity contribution in [3.63, 3.8) is 0 Å². The number of benzene rings is 1. The highest BCUT2D eigenvalue weighted by atomic mass is 19.1. The average molecular weight is 448 g/mol. The molecule has 0 radical (unpaired) electrons. The molecule has 1 saturated carbocycles. The first-order valence-electron chi connectivity index (χ1n) is 10.5. The zero-order chi connectivity index (χ0) is 23.3. The molecule has 0 unspecified atom stereocenters. The van der Waals surface area contributed by atoms with Crippen molar-refractivity contribution in [2.75, 3.05) is 5.32 Å². The standard InChI is InChI=1S/C24H21FN4O4/c1-28-11-15(10-26-28)17-6-13(12-30)7-19(22(17)25)27-24(33)18-9-21(23(32)14-2-3-14)29-5-4-16(31)8-20(18)29/h4-11,14,30,32H,2-3,12H2,1H3,(H,27,33). The van der Waals surface area contributed by atoms with Gasteiger partial charge in [0, 0.05) is 48.6 Å². The number of amides is 1. The number of fused-ring (bicyclic) bond motifs is 1. The number of anilines is 1. The van der Waals surface area contributed by atoms with E-state index in [1.807, 2.05) is 0 Å². The van der Waals surface area contributed by atoms with E-state index in [0.29, 0.717) is 22.0 Å². The number of aromatic nitrogens is 3. The van der Waals surface area contributed by atoms with Gasteiger partial charge in [0.1, 0.15) is 5.76 Å². The van der Waals surface area contributed by atoms with Gasteiger partial charge in [-0.1, -0.05) is 0 Å². The summed E-state index contributed by atoms with van der Waals surface area (Å²) in [6, 6.07) is 7.02. The van der Waals surface area contributed by atoms with Crippen LogP contribution in [0.25, 0.3) is 22.4 Å². The molecule has 1 aromatic carbocycles. The summed E-state index contributed by atoms with van der Waals surface area (Å²) in [4.78, 5) is 25.2. The molecule has 1 amide bonds. The lowest BCUT2D eigenvalue weighted by atomic mass is 10.0. The number of aryl methyl sites for hydroxylation is 1. The lowest BCUT2D eigenvalue weighted by Crippen LogP contribution is -2.14. The largest absolute Gasteiger partial charge is 0.510 e. The maximum absolute atomic E-state index is 15.4. The molecule has 0 bridgehead atoms. The Bertz CT molecular complexity index is 1520. The second kappa shape index (κ2) is 7.86. The lowest BCUT2D eigenvalue weighted by molar-refractivity contribution is 0.102. The smallest absolute Gasteiger partial charge is 0.257 e. The van der Waals surface area contributed by atoms with Gasteiger partial charge in [0.2, 0.25) is 0 Å². The molecule has 0 aliphatic heterocycles. The zero-order valence-electron chi connectivity index (χ0n) is 17.7. The Labute approximate surface area is 187 Å². The minimum atomic E-state index is -0.672. The first kappa shape index (κ1) is 20.9. The third-order valence-electron chi connectivity index (χ3n) is 5.79. The number of nitrogens with zero attached hydrogens (tertiary/aromatic N) is 3. The number of pyridine rings is 1. The van der Waals surface area contributed by atoms with Gasteiger partial charge in [-0.05, 0) is 36.6 Å². The maximum atomic E-state index is 15.4. The van der Waals surface area contributed by atoms with E-state index in [4.69, 9.17) is 0 Å². The molecule has 5 rings (SSSR count). The molecule has 1 aliphatic carbocycles. The van der Waals surface area contributed by atoms with Crippen LogP contribution < -0.4 is 16.1 Å². The van der Waals surface area contributed by atoms with Crippen molar-refractivity contribution in [3.8, 4) is 11.1 Å². The van der Waals surface area contributed by atoms with Gasteiger partial charge < -0.3 is 19.9 Å². The van der Waals surface area contributed by atoms with Crippen molar-refractivity contribution < 1.29 is 19.4 Å². The SMILES string of the molecule is Cn1cc(-c2cc(CO)cc(NC(=O)c3cc(=C(O)C4CC4)n4ccc(=O)cc34)c2F)cn1. The molecule has 8 nitrogen and oxygen atoms in total. The second-order valence-corrected chi connectivity index (χ2v) is 8.24. The van der Waals surface area contributed by atoms with E-state index in [1.54, 1.807) is 17.6 Å². The zero-order valence-corrected chi connectivity index (χ0v) is 17.7. The maximum Gasteiger partial charge on any atom is 0.257 e. The molecule has 0 saturated heterocycles. The Hall–Kier alpha value is -3.98. The van der Waals surface area contributed by atoms with Crippen LogP contribution in [0, 0.1) is 11.7 Å². The molecule has 168 valence electrons. The van der Waals surface area contributed by atoms with Crippen LogP contribution in [0.1, 0.15) is 28.8 Å². The molecule has 4 aromatic rings. The van der Waals surface area contributed by atoms with Gasteiger partial charge in [-0.15, -0.1) is 0 Å². The fraction of sp³-hybridized carbons (Fsp3) is 0.208. The van der Waals surface area contributed by atoms with Crippen LogP contribution in [-0.4, -0.2) is 30.3 Å². The third-order valence-corrected chi connectivity index (χ3v) is 5.79. The molecular weight excluding hydrogens is 427 g/mol. The Morgan fingerprint density at radius 3 is 2.73 bits per heavy atom. The van der Waals surface area contributed by atoms with Crippen LogP contribution in [0.2, 0.25) is 0 Å². The van der Waals surface area contributed by atoms with Gasteiger partial charge in [-0.2, -0.15) is 5.10 Å². The Kier molecular flexibility index (Phi) is 4.98. The van der Waals surface area contributed by atoms with Crippen molar-refractivity contribution in [3.05, 3.63) is 81.4 Å². The second-order valence-electron chi connectivity index (χ2n) is 8.24. The first-order chi connectivity index (χ1) is 15.9. The number of hydrogen-bond acceptors (Lipinski definition) is 5. The van der Waals surface area contributed by atoms with Crippen LogP contribution in [0.3, 0.4) is 0 Å². The number of aliphatic hydroxyl groups excluding tert-OH is 2. The number of rotatable bonds is 5. The number of hydrogen-bond donors (Lipinski definition) is 3. The summed E-state index contributed by atoms with van der Waals surface area (Å²) < 4.78 is 18.5. The summed E-state index contributed by atoms with van der Waals surface area (Å²) in [5.74, 6) is -1.12. The predicted molar refractivity (Wildman–Crippen MR) is 120 cm³/mol. The van der Waals surface area contributed by atoms with E-state index in [1.165, 1.54) is 47.4 Å². The normalized spacial score (nSPS) is 14.5. The highest BCUT2D eigenvalue weighted by Gasteiger charge is 2.28. The molecule has 1 fully saturated rings. The molecule has 3 aromatic heterocycles. The van der Waals surface area contributed by atoms with E-state index < -0.39 is 11.7 Å². The minimum Gasteiger partial charge on any atom is -0.510 e. The van der Waals surface area contributed by atoms with E-state index in [2.05, 4.69) is 10.4 Å². The quantitative estimate of drug-likeness (QED) is 0.434. The fourth-order valence-electron chi connectivity index (χ4n) is 3.95. The Morgan fingerprint density at radius 2 is 2.06 bits per heavy atom. The van der Waals surface area contributed by atoms with Crippen molar-refractivity contribution in [1.29, 1.82) is 0 Å². The van der Waals surface area contributed by atoms with Gasteiger partial charge in [0.05, 0.1) is 34.9 Å². The molecule has 0 atom stereocenters. The molecule has 1 aliphatic rings. The molecule has 0 spiro atoms. The average Bonchev–Trinajstić information content (AvgIpc) is 3.46. The van der Waals surface area contributed by atoms with Gasteiger partial charge in [0.25, 0.3) is 5.91 Å². The van der Waals surface area contributed by atoms with Gasteiger partial charge in [-0.3, -0.25) is 14.3 Å². The van der Waals surface area contributed by atoms with E-state index in [-0.39, 0.29) is 40.5 Å². The monoisotopic (exact) mass is 448 g/mol. The van der Waals surface area contributed by atoms with Crippen molar-refractivity contribution >= 4 is 22.9 Å². The molecule has 33 heavy (non-hydrogen) atoms. The number of nitrogens with one attached hydrogen (secondary N) is 1. The van der Waals surface area contributed by atoms with Crippen LogP contribution in [0.4, 0.5) is 10.1 Å². The predicted octanol–water partition coefficient (Wildman–Crippen LogP) is 2.38. The van der Waals surface area contributed by atoms with Crippen LogP contribution in [0.15, 0.2) is 53.7 Å². The highest BCUT2D eigenvalue weighted by molar-refractivity contribution is 6.09. The fourth-order valence-corrected chi connectivity index (χ4v) is 3.95. The topological polar surface area (TPSA) is 109 Å². The number of aliphatic hydroxyl groups is 2. The van der Waals surface area contributed by atoms with Gasteiger partial charge >= 0.3 is 0 Å². The molecule has 9 heteroatoms. The van der Waals surface area contributed by atoms with Crippen molar-refractivity contribution in [2.45, 2.75) is 19.4 Å². The molecule has 3 N–H and O–H groups in total. The number of halogens is 1. The summed E-state index contributed by atoms with van der Waals surface area (Å²) in [6.07, 6.45) is 6.35.